The highest BCUT2D eigenvalue weighted by Crippen LogP contribution is 2.32. The lowest BCUT2D eigenvalue weighted by Crippen LogP contribution is -2.40. The number of carbonyl (C=O) groups is 2. The van der Waals surface area contributed by atoms with Crippen molar-refractivity contribution in [3.63, 3.8) is 0 Å². The second-order valence-electron chi connectivity index (χ2n) is 6.12. The number of hydrogen-bond acceptors (Lipinski definition) is 4. The quantitative estimate of drug-likeness (QED) is 0.851. The van der Waals surface area contributed by atoms with Gasteiger partial charge in [-0.2, -0.15) is 0 Å². The number of imide groups is 1. The number of amides is 3. The summed E-state index contributed by atoms with van der Waals surface area (Å²) >= 11 is 0. The molecule has 1 saturated heterocycles. The molecule has 3 rings (SSSR count). The zero-order valence-electron chi connectivity index (χ0n) is 13.1. The van der Waals surface area contributed by atoms with Crippen molar-refractivity contribution in [1.82, 2.24) is 10.2 Å². The lowest BCUT2D eigenvalue weighted by Gasteiger charge is -2.27. The van der Waals surface area contributed by atoms with E-state index in [1.54, 1.807) is 0 Å². The normalized spacial score (nSPS) is 21.7. The van der Waals surface area contributed by atoms with E-state index in [0.717, 1.165) is 13.1 Å². The number of anilines is 2. The minimum Gasteiger partial charge on any atom is -0.373 e. The lowest BCUT2D eigenvalue weighted by atomic mass is 10.1. The number of carbonyl (C=O) groups excluding carboxylic acids is 2. The predicted molar refractivity (Wildman–Crippen MR) is 86.2 cm³/mol. The monoisotopic (exact) mass is 302 g/mol. The Morgan fingerprint density at radius 1 is 1.14 bits per heavy atom. The number of fused-ring (bicyclic) bond motifs is 1. The van der Waals surface area contributed by atoms with Gasteiger partial charge < -0.3 is 15.1 Å². The molecule has 0 aliphatic carbocycles. The Bertz CT molecular complexity index is 573. The molecule has 6 heteroatoms. The molecule has 1 aromatic rings. The van der Waals surface area contributed by atoms with Crippen LogP contribution in [0.15, 0.2) is 24.3 Å². The molecule has 0 aromatic heterocycles. The van der Waals surface area contributed by atoms with Gasteiger partial charge in [0.25, 0.3) is 0 Å². The molecule has 2 aliphatic heterocycles. The summed E-state index contributed by atoms with van der Waals surface area (Å²) in [6, 6.07) is 8.02. The van der Waals surface area contributed by atoms with Gasteiger partial charge in [-0.1, -0.05) is 19.1 Å². The van der Waals surface area contributed by atoms with Crippen molar-refractivity contribution in [2.75, 3.05) is 49.6 Å². The average Bonchev–Trinajstić information content (AvgIpc) is 2.75. The Morgan fingerprint density at radius 3 is 2.55 bits per heavy atom. The summed E-state index contributed by atoms with van der Waals surface area (Å²) < 4.78 is 0. The molecule has 1 fully saturated rings. The molecule has 0 unspecified atom stereocenters. The molecule has 2 aliphatic rings. The highest BCUT2D eigenvalue weighted by molar-refractivity contribution is 6.01. The molecule has 118 valence electrons. The van der Waals surface area contributed by atoms with Gasteiger partial charge in [-0.3, -0.25) is 9.69 Å². The van der Waals surface area contributed by atoms with Crippen LogP contribution in [-0.4, -0.2) is 56.6 Å². The van der Waals surface area contributed by atoms with Crippen LogP contribution in [0.2, 0.25) is 0 Å². The van der Waals surface area contributed by atoms with E-state index in [2.05, 4.69) is 41.2 Å². The van der Waals surface area contributed by atoms with E-state index in [1.165, 1.54) is 16.3 Å². The van der Waals surface area contributed by atoms with Crippen molar-refractivity contribution in [1.29, 1.82) is 0 Å². The average molecular weight is 302 g/mol. The summed E-state index contributed by atoms with van der Waals surface area (Å²) in [5.41, 5.74) is 2.37. The van der Waals surface area contributed by atoms with Gasteiger partial charge in [-0.15, -0.1) is 0 Å². The van der Waals surface area contributed by atoms with Crippen LogP contribution >= 0.6 is 0 Å². The van der Waals surface area contributed by atoms with E-state index < -0.39 is 0 Å². The van der Waals surface area contributed by atoms with Crippen molar-refractivity contribution < 1.29 is 9.59 Å². The summed E-state index contributed by atoms with van der Waals surface area (Å²) in [5.74, 6) is 0.374. The number of benzene rings is 1. The number of nitrogens with one attached hydrogen (secondary N) is 1. The lowest BCUT2D eigenvalue weighted by molar-refractivity contribution is -0.124. The number of rotatable bonds is 3. The van der Waals surface area contributed by atoms with Gasteiger partial charge in [0.1, 0.15) is 0 Å². The van der Waals surface area contributed by atoms with Gasteiger partial charge in [0, 0.05) is 33.2 Å². The maximum Gasteiger partial charge on any atom is 0.324 e. The molecule has 1 aromatic carbocycles. The molecule has 22 heavy (non-hydrogen) atoms. The molecule has 3 amide bonds. The van der Waals surface area contributed by atoms with Gasteiger partial charge in [0.15, 0.2) is 0 Å². The van der Waals surface area contributed by atoms with E-state index in [-0.39, 0.29) is 18.5 Å². The first-order valence-electron chi connectivity index (χ1n) is 7.69. The van der Waals surface area contributed by atoms with Crippen LogP contribution < -0.4 is 15.1 Å². The van der Waals surface area contributed by atoms with E-state index in [4.69, 9.17) is 0 Å². The molecular weight excluding hydrogens is 280 g/mol. The third-order valence-corrected chi connectivity index (χ3v) is 4.28. The van der Waals surface area contributed by atoms with Crippen molar-refractivity contribution in [3.05, 3.63) is 24.3 Å². The number of hydrogen-bond donors (Lipinski definition) is 1. The van der Waals surface area contributed by atoms with Gasteiger partial charge in [-0.25, -0.2) is 4.79 Å². The van der Waals surface area contributed by atoms with E-state index in [9.17, 15) is 9.59 Å². The topological polar surface area (TPSA) is 55.9 Å². The highest BCUT2D eigenvalue weighted by Gasteiger charge is 2.29. The standard InChI is InChI=1S/C16H22N4O2/c1-12-10-18(2)13-5-3-4-6-14(13)19(11-12)7-8-20-15(21)9-17-16(20)22/h3-6,12H,7-11H2,1-2H3,(H,17,22)/t12-/m1/s1. The Hall–Kier alpha value is -2.24. The first-order chi connectivity index (χ1) is 10.6. The summed E-state index contributed by atoms with van der Waals surface area (Å²) in [7, 11) is 2.11. The summed E-state index contributed by atoms with van der Waals surface area (Å²) in [6.45, 7) is 5.35. The molecule has 0 spiro atoms. The largest absolute Gasteiger partial charge is 0.373 e. The van der Waals surface area contributed by atoms with Crippen LogP contribution in [0.4, 0.5) is 16.2 Å². The van der Waals surface area contributed by atoms with Crippen LogP contribution in [0, 0.1) is 5.92 Å². The Balaban J connectivity index is 1.78. The van der Waals surface area contributed by atoms with Crippen LogP contribution in [-0.2, 0) is 4.79 Å². The highest BCUT2D eigenvalue weighted by atomic mass is 16.2. The van der Waals surface area contributed by atoms with E-state index in [0.29, 0.717) is 19.0 Å². The molecule has 6 nitrogen and oxygen atoms in total. The third kappa shape index (κ3) is 2.73. The second kappa shape index (κ2) is 5.87. The van der Waals surface area contributed by atoms with Crippen molar-refractivity contribution in [2.45, 2.75) is 6.92 Å². The number of nitrogens with zero attached hydrogens (tertiary/aromatic N) is 3. The van der Waals surface area contributed by atoms with Gasteiger partial charge in [0.2, 0.25) is 5.91 Å². The van der Waals surface area contributed by atoms with Crippen LogP contribution in [0.25, 0.3) is 0 Å². The third-order valence-electron chi connectivity index (χ3n) is 4.28. The maximum atomic E-state index is 11.7. The van der Waals surface area contributed by atoms with Gasteiger partial charge in [0.05, 0.1) is 17.9 Å². The molecule has 0 saturated carbocycles. The Morgan fingerprint density at radius 2 is 1.86 bits per heavy atom. The summed E-state index contributed by atoms with van der Waals surface area (Å²) in [5, 5.41) is 2.57. The zero-order valence-corrected chi connectivity index (χ0v) is 13.1. The second-order valence-corrected chi connectivity index (χ2v) is 6.12. The first kappa shape index (κ1) is 14.7. The Kier molecular flexibility index (Phi) is 3.92. The molecule has 1 atom stereocenters. The van der Waals surface area contributed by atoms with Crippen LogP contribution in [0.3, 0.4) is 0 Å². The minimum absolute atomic E-state index is 0.120. The fourth-order valence-electron chi connectivity index (χ4n) is 3.27. The van der Waals surface area contributed by atoms with Crippen LogP contribution in [0.5, 0.6) is 0 Å². The maximum absolute atomic E-state index is 11.7. The SMILES string of the molecule is C[C@@H]1CN(C)c2ccccc2N(CCN2C(=O)CNC2=O)C1. The molecular formula is C16H22N4O2. The zero-order chi connectivity index (χ0) is 15.7. The fourth-order valence-corrected chi connectivity index (χ4v) is 3.27. The fraction of sp³-hybridized carbons (Fsp3) is 0.500. The smallest absolute Gasteiger partial charge is 0.324 e. The van der Waals surface area contributed by atoms with Gasteiger partial charge in [-0.05, 0) is 18.1 Å². The molecule has 0 radical (unpaired) electrons. The van der Waals surface area contributed by atoms with E-state index in [1.807, 2.05) is 12.1 Å². The van der Waals surface area contributed by atoms with Crippen molar-refractivity contribution in [2.24, 2.45) is 5.92 Å². The number of para-hydroxylation sites is 2. The Labute approximate surface area is 130 Å². The van der Waals surface area contributed by atoms with Gasteiger partial charge >= 0.3 is 6.03 Å². The first-order valence-corrected chi connectivity index (χ1v) is 7.69. The molecule has 1 N–H and O–H groups in total. The van der Waals surface area contributed by atoms with Crippen molar-refractivity contribution >= 4 is 23.3 Å². The predicted octanol–water partition coefficient (Wildman–Crippen LogP) is 1.13. The molecule has 2 heterocycles. The van der Waals surface area contributed by atoms with Crippen LogP contribution in [0.1, 0.15) is 6.92 Å². The van der Waals surface area contributed by atoms with Crippen molar-refractivity contribution in [3.8, 4) is 0 Å². The molecule has 0 bridgehead atoms. The van der Waals surface area contributed by atoms with E-state index >= 15 is 0 Å². The minimum atomic E-state index is -0.279. The number of urea groups is 1. The summed E-state index contributed by atoms with van der Waals surface area (Å²) in [4.78, 5) is 29.2. The summed E-state index contributed by atoms with van der Waals surface area (Å²) in [6.07, 6.45) is 0.